The molecule has 5 nitrogen and oxygen atoms in total. The summed E-state index contributed by atoms with van der Waals surface area (Å²) in [5.41, 5.74) is 6.52. The maximum absolute atomic E-state index is 13.5. The van der Waals surface area contributed by atoms with Crippen molar-refractivity contribution in [3.63, 3.8) is 0 Å². The van der Waals surface area contributed by atoms with Crippen LogP contribution in [0.1, 0.15) is 40.2 Å². The van der Waals surface area contributed by atoms with Crippen molar-refractivity contribution in [3.05, 3.63) is 35.1 Å². The number of nitrogens with two attached hydrogens (primary N) is 1. The molecule has 0 bridgehead atoms. The summed E-state index contributed by atoms with van der Waals surface area (Å²) in [6, 6.07) is 4.14. The van der Waals surface area contributed by atoms with Gasteiger partial charge in [0, 0.05) is 19.2 Å². The first-order valence-corrected chi connectivity index (χ1v) is 7.87. The van der Waals surface area contributed by atoms with Crippen molar-refractivity contribution in [1.29, 1.82) is 0 Å². The van der Waals surface area contributed by atoms with Crippen molar-refractivity contribution in [2.45, 2.75) is 45.8 Å². The monoisotopic (exact) mass is 334 g/mol. The first-order chi connectivity index (χ1) is 11.0. The zero-order chi connectivity index (χ0) is 18.1. The highest BCUT2D eigenvalue weighted by Gasteiger charge is 2.52. The lowest BCUT2D eigenvalue weighted by Gasteiger charge is -2.32. The quantitative estimate of drug-likeness (QED) is 0.656. The molecule has 1 amide bonds. The standard InChI is InChI=1S/C17H24BFN2O3/c1-11(22)21-10-13(8-12-9-14(19)6-7-15(12)20)18-23-16(2,3)17(4,5)24-18/h6-9H,10,20H2,1-5H3,(H,21,22). The number of halogens is 1. The van der Waals surface area contributed by atoms with Gasteiger partial charge in [0.15, 0.2) is 0 Å². The Kier molecular flexibility index (Phi) is 5.06. The second-order valence-corrected chi connectivity index (χ2v) is 6.99. The number of carbonyl (C=O) groups is 1. The van der Waals surface area contributed by atoms with E-state index in [1.165, 1.54) is 25.1 Å². The molecule has 130 valence electrons. The fourth-order valence-electron chi connectivity index (χ4n) is 2.29. The molecule has 1 aromatic rings. The van der Waals surface area contributed by atoms with Gasteiger partial charge in [-0.1, -0.05) is 6.08 Å². The number of nitrogens with one attached hydrogen (secondary N) is 1. The molecule has 2 rings (SSSR count). The van der Waals surface area contributed by atoms with Gasteiger partial charge in [-0.05, 0) is 56.9 Å². The minimum Gasteiger partial charge on any atom is -0.400 e. The third kappa shape index (κ3) is 3.97. The van der Waals surface area contributed by atoms with Crippen LogP contribution >= 0.6 is 0 Å². The maximum Gasteiger partial charge on any atom is 0.492 e. The molecular weight excluding hydrogens is 310 g/mol. The largest absolute Gasteiger partial charge is 0.492 e. The van der Waals surface area contributed by atoms with Crippen LogP contribution in [0.2, 0.25) is 0 Å². The topological polar surface area (TPSA) is 73.6 Å². The van der Waals surface area contributed by atoms with Gasteiger partial charge in [-0.3, -0.25) is 4.79 Å². The Morgan fingerprint density at radius 3 is 2.42 bits per heavy atom. The molecule has 1 saturated heterocycles. The molecule has 0 atom stereocenters. The third-order valence-electron chi connectivity index (χ3n) is 4.49. The summed E-state index contributed by atoms with van der Waals surface area (Å²) >= 11 is 0. The molecule has 24 heavy (non-hydrogen) atoms. The number of carbonyl (C=O) groups excluding carboxylic acids is 1. The molecule has 7 heteroatoms. The lowest BCUT2D eigenvalue weighted by Crippen LogP contribution is -2.41. The van der Waals surface area contributed by atoms with Gasteiger partial charge >= 0.3 is 7.12 Å². The van der Waals surface area contributed by atoms with E-state index in [1.54, 1.807) is 6.08 Å². The summed E-state index contributed by atoms with van der Waals surface area (Å²) in [5.74, 6) is -0.562. The van der Waals surface area contributed by atoms with E-state index in [1.807, 2.05) is 27.7 Å². The van der Waals surface area contributed by atoms with Crippen LogP contribution in [0.3, 0.4) is 0 Å². The molecule has 3 N–H and O–H groups in total. The maximum atomic E-state index is 13.5. The van der Waals surface area contributed by atoms with E-state index in [2.05, 4.69) is 5.32 Å². The summed E-state index contributed by atoms with van der Waals surface area (Å²) < 4.78 is 25.6. The van der Waals surface area contributed by atoms with Crippen molar-refractivity contribution >= 4 is 24.8 Å². The molecule has 1 fully saturated rings. The van der Waals surface area contributed by atoms with Crippen LogP contribution in [0.25, 0.3) is 6.08 Å². The van der Waals surface area contributed by atoms with Crippen LogP contribution in [0.5, 0.6) is 0 Å². The number of hydrogen-bond acceptors (Lipinski definition) is 4. The van der Waals surface area contributed by atoms with Crippen molar-refractivity contribution in [3.8, 4) is 0 Å². The molecule has 0 unspecified atom stereocenters. The van der Waals surface area contributed by atoms with Crippen LogP contribution in [0.4, 0.5) is 10.1 Å². The molecule has 0 aliphatic carbocycles. The van der Waals surface area contributed by atoms with Gasteiger partial charge in [0.05, 0.1) is 11.2 Å². The first-order valence-electron chi connectivity index (χ1n) is 7.87. The van der Waals surface area contributed by atoms with Gasteiger partial charge in [-0.25, -0.2) is 4.39 Å². The summed E-state index contributed by atoms with van der Waals surface area (Å²) in [7, 11) is -0.649. The fraction of sp³-hybridized carbons (Fsp3) is 0.471. The van der Waals surface area contributed by atoms with Crippen LogP contribution < -0.4 is 11.1 Å². The molecule has 1 heterocycles. The fourth-order valence-corrected chi connectivity index (χ4v) is 2.29. The number of hydrogen-bond donors (Lipinski definition) is 2. The Balaban J connectivity index is 2.37. The van der Waals surface area contributed by atoms with Gasteiger partial charge in [0.25, 0.3) is 0 Å². The number of benzene rings is 1. The van der Waals surface area contributed by atoms with E-state index in [9.17, 15) is 9.18 Å². The highest BCUT2D eigenvalue weighted by Crippen LogP contribution is 2.38. The van der Waals surface area contributed by atoms with Crippen LogP contribution in [0.15, 0.2) is 23.7 Å². The smallest absolute Gasteiger partial charge is 0.400 e. The van der Waals surface area contributed by atoms with Gasteiger partial charge in [0.2, 0.25) is 5.91 Å². The van der Waals surface area contributed by atoms with Crippen molar-refractivity contribution in [2.24, 2.45) is 0 Å². The minimum absolute atomic E-state index is 0.176. The molecule has 1 aliphatic heterocycles. The average Bonchev–Trinajstić information content (AvgIpc) is 2.66. The normalized spacial score (nSPS) is 19.4. The second-order valence-electron chi connectivity index (χ2n) is 6.99. The second kappa shape index (κ2) is 6.57. The number of anilines is 1. The summed E-state index contributed by atoms with van der Waals surface area (Å²) in [6.07, 6.45) is 1.70. The summed E-state index contributed by atoms with van der Waals surface area (Å²) in [5, 5.41) is 2.73. The van der Waals surface area contributed by atoms with Crippen molar-refractivity contribution in [2.75, 3.05) is 12.3 Å². The van der Waals surface area contributed by atoms with Crippen molar-refractivity contribution < 1.29 is 18.5 Å². The Hall–Kier alpha value is -1.86. The van der Waals surface area contributed by atoms with Crippen LogP contribution in [0, 0.1) is 5.82 Å². The zero-order valence-electron chi connectivity index (χ0n) is 14.8. The Morgan fingerprint density at radius 2 is 1.88 bits per heavy atom. The van der Waals surface area contributed by atoms with E-state index in [0.717, 1.165) is 0 Å². The Labute approximate surface area is 142 Å². The highest BCUT2D eigenvalue weighted by molar-refractivity contribution is 6.56. The minimum atomic E-state index is -0.649. The van der Waals surface area contributed by atoms with Gasteiger partial charge in [-0.2, -0.15) is 0 Å². The highest BCUT2D eigenvalue weighted by atomic mass is 19.1. The summed E-state index contributed by atoms with van der Waals surface area (Å²) in [4.78, 5) is 11.3. The third-order valence-corrected chi connectivity index (χ3v) is 4.49. The Morgan fingerprint density at radius 1 is 1.29 bits per heavy atom. The van der Waals surface area contributed by atoms with E-state index >= 15 is 0 Å². The number of nitrogen functional groups attached to an aromatic ring is 1. The predicted octanol–water partition coefficient (Wildman–Crippen LogP) is 2.56. The molecule has 0 spiro atoms. The van der Waals surface area contributed by atoms with E-state index in [4.69, 9.17) is 15.0 Å². The lowest BCUT2D eigenvalue weighted by atomic mass is 9.76. The zero-order valence-corrected chi connectivity index (χ0v) is 14.8. The molecule has 1 aliphatic rings. The Bertz CT molecular complexity index is 658. The average molecular weight is 334 g/mol. The summed E-state index contributed by atoms with van der Waals surface area (Å²) in [6.45, 7) is 9.43. The van der Waals surface area contributed by atoms with E-state index in [0.29, 0.717) is 16.7 Å². The van der Waals surface area contributed by atoms with Crippen LogP contribution in [-0.2, 0) is 14.1 Å². The van der Waals surface area contributed by atoms with Crippen molar-refractivity contribution in [1.82, 2.24) is 5.32 Å². The molecule has 0 saturated carbocycles. The SMILES string of the molecule is CC(=O)NCC(=Cc1cc(F)ccc1N)B1OC(C)(C)C(C)(C)O1. The van der Waals surface area contributed by atoms with Gasteiger partial charge in [0.1, 0.15) is 5.82 Å². The number of rotatable bonds is 4. The first kappa shape index (κ1) is 18.5. The molecule has 1 aromatic carbocycles. The van der Waals surface area contributed by atoms with E-state index in [-0.39, 0.29) is 18.3 Å². The molecule has 0 aromatic heterocycles. The predicted molar refractivity (Wildman–Crippen MR) is 93.6 cm³/mol. The van der Waals surface area contributed by atoms with Gasteiger partial charge < -0.3 is 20.4 Å². The molecule has 0 radical (unpaired) electrons. The van der Waals surface area contributed by atoms with Crippen LogP contribution in [-0.4, -0.2) is 30.8 Å². The molecular formula is C17H24BFN2O3. The van der Waals surface area contributed by atoms with E-state index < -0.39 is 18.3 Å². The lowest BCUT2D eigenvalue weighted by molar-refractivity contribution is -0.118. The number of amides is 1. The van der Waals surface area contributed by atoms with Gasteiger partial charge in [-0.15, -0.1) is 0 Å².